The van der Waals surface area contributed by atoms with E-state index in [2.05, 4.69) is 22.5 Å². The van der Waals surface area contributed by atoms with E-state index in [1.54, 1.807) is 7.11 Å². The van der Waals surface area contributed by atoms with Crippen molar-refractivity contribution in [3.63, 3.8) is 0 Å². The Bertz CT molecular complexity index is 1370. The monoisotopic (exact) mass is 794 g/mol. The SMILES string of the molecule is COC1CC2CCC(=O)C(C(O)CCCCC3CNC4CC(=O)CCC4C3)C#CC(CCC(O)CC(C3CCNC(N)C3)C3CCC4CCCCC4C3)C2CC1O. The number of fused-ring (bicyclic) bond motifs is 3. The number of ketones is 2. The van der Waals surface area contributed by atoms with Gasteiger partial charge in [-0.25, -0.2) is 0 Å². The van der Waals surface area contributed by atoms with Crippen molar-refractivity contribution in [2.75, 3.05) is 20.2 Å². The normalized spacial score (nSPS) is 41.8. The minimum atomic E-state index is -0.789. The Morgan fingerprint density at radius 1 is 0.807 bits per heavy atom. The molecule has 322 valence electrons. The van der Waals surface area contributed by atoms with Gasteiger partial charge in [0.25, 0.3) is 0 Å². The maximum absolute atomic E-state index is 13.8. The summed E-state index contributed by atoms with van der Waals surface area (Å²) in [5, 5.41) is 41.7. The van der Waals surface area contributed by atoms with Gasteiger partial charge in [0.1, 0.15) is 17.5 Å². The number of aliphatic hydroxyl groups is 3. The third kappa shape index (κ3) is 11.5. The van der Waals surface area contributed by atoms with E-state index in [1.807, 2.05) is 0 Å². The number of ether oxygens (including phenoxy) is 1. The third-order valence-corrected chi connectivity index (χ3v) is 16.9. The molecule has 7 aliphatic rings. The first kappa shape index (κ1) is 43.7. The lowest BCUT2D eigenvalue weighted by Crippen LogP contribution is -2.48. The van der Waals surface area contributed by atoms with Gasteiger partial charge in [-0.15, -0.1) is 0 Å². The van der Waals surface area contributed by atoms with E-state index in [0.29, 0.717) is 86.4 Å². The minimum absolute atomic E-state index is 0.0349. The summed E-state index contributed by atoms with van der Waals surface area (Å²) < 4.78 is 5.72. The number of Topliss-reactive ketones (excluding diaryl/α,β-unsaturated/α-hetero) is 2. The summed E-state index contributed by atoms with van der Waals surface area (Å²) in [7, 11) is 1.67. The number of nitrogens with two attached hydrogens (primary N) is 1. The Hall–Kier alpha value is -1.38. The summed E-state index contributed by atoms with van der Waals surface area (Å²) >= 11 is 0. The zero-order valence-corrected chi connectivity index (χ0v) is 35.3. The van der Waals surface area contributed by atoms with Crippen molar-refractivity contribution in [2.45, 2.75) is 191 Å². The van der Waals surface area contributed by atoms with Crippen molar-refractivity contribution in [3.05, 3.63) is 0 Å². The Balaban J connectivity index is 0.983. The molecule has 0 aromatic carbocycles. The summed E-state index contributed by atoms with van der Waals surface area (Å²) in [6.45, 7) is 1.92. The van der Waals surface area contributed by atoms with Crippen LogP contribution < -0.4 is 16.4 Å². The molecule has 6 fully saturated rings. The lowest BCUT2D eigenvalue weighted by atomic mass is 9.61. The van der Waals surface area contributed by atoms with Crippen molar-refractivity contribution >= 4 is 11.6 Å². The van der Waals surface area contributed by atoms with E-state index in [1.165, 1.54) is 51.4 Å². The molecule has 9 nitrogen and oxygen atoms in total. The highest BCUT2D eigenvalue weighted by molar-refractivity contribution is 5.84. The Kier molecular flexibility index (Phi) is 16.0. The van der Waals surface area contributed by atoms with Gasteiger partial charge in [-0.2, -0.15) is 0 Å². The average Bonchev–Trinajstić information content (AvgIpc) is 3.27. The van der Waals surface area contributed by atoms with E-state index < -0.39 is 24.2 Å². The highest BCUT2D eigenvalue weighted by atomic mass is 16.5. The van der Waals surface area contributed by atoms with Crippen LogP contribution in [0, 0.1) is 76.9 Å². The second-order valence-electron chi connectivity index (χ2n) is 20.5. The van der Waals surface area contributed by atoms with Crippen LogP contribution in [-0.4, -0.2) is 83.7 Å². The minimum Gasteiger partial charge on any atom is -0.393 e. The molecule has 0 aromatic heterocycles. The topological polar surface area (TPSA) is 154 Å². The maximum atomic E-state index is 13.8. The smallest absolute Gasteiger partial charge is 0.150 e. The van der Waals surface area contributed by atoms with Crippen LogP contribution in [0.3, 0.4) is 0 Å². The second-order valence-corrected chi connectivity index (χ2v) is 20.5. The quantitative estimate of drug-likeness (QED) is 0.0880. The fraction of sp³-hybridized carbons (Fsp3) is 0.917. The molecule has 0 spiro atoms. The summed E-state index contributed by atoms with van der Waals surface area (Å²) in [4.78, 5) is 25.7. The number of nitrogens with one attached hydrogen (secondary N) is 2. The first-order valence-corrected chi connectivity index (χ1v) is 24.0. The predicted molar refractivity (Wildman–Crippen MR) is 224 cm³/mol. The van der Waals surface area contributed by atoms with Gasteiger partial charge in [0.15, 0.2) is 0 Å². The van der Waals surface area contributed by atoms with Crippen LogP contribution in [0.15, 0.2) is 0 Å². The number of piperidine rings is 2. The van der Waals surface area contributed by atoms with E-state index in [0.717, 1.165) is 82.7 Å². The van der Waals surface area contributed by atoms with Crippen LogP contribution >= 0.6 is 0 Å². The number of methoxy groups -OCH3 is 1. The summed E-state index contributed by atoms with van der Waals surface area (Å²) in [6.07, 6.45) is 21.4. The molecule has 7 rings (SSSR count). The molecule has 7 N–H and O–H groups in total. The zero-order chi connectivity index (χ0) is 39.9. The van der Waals surface area contributed by atoms with Crippen LogP contribution in [0.2, 0.25) is 0 Å². The van der Waals surface area contributed by atoms with Gasteiger partial charge < -0.3 is 36.4 Å². The molecular weight excluding hydrogens is 715 g/mol. The van der Waals surface area contributed by atoms with Gasteiger partial charge in [0, 0.05) is 38.3 Å². The summed E-state index contributed by atoms with van der Waals surface area (Å²) in [5.41, 5.74) is 6.48. The molecule has 0 radical (unpaired) electrons. The highest BCUT2D eigenvalue weighted by Crippen LogP contribution is 2.49. The van der Waals surface area contributed by atoms with Gasteiger partial charge in [-0.3, -0.25) is 9.59 Å². The van der Waals surface area contributed by atoms with Crippen LogP contribution in [0.1, 0.15) is 154 Å². The molecule has 5 aliphatic carbocycles. The highest BCUT2D eigenvalue weighted by Gasteiger charge is 2.43. The van der Waals surface area contributed by atoms with Crippen LogP contribution in [0.4, 0.5) is 0 Å². The molecule has 2 aliphatic heterocycles. The van der Waals surface area contributed by atoms with Crippen LogP contribution in [0.5, 0.6) is 0 Å². The number of hydrogen-bond donors (Lipinski definition) is 6. The molecule has 0 amide bonds. The molecule has 2 saturated heterocycles. The standard InChI is InChI=1S/C48H79N3O6/c1-57-47-24-35-15-19-45(55)40(44(54)9-5-2-6-30-22-37-13-17-39(53)27-43(37)51-29-30)18-14-32(42(35)28-46(47)56)12-16-38(52)26-41(36-20-21-50-48(49)25-36)34-11-10-31-7-3-4-8-33(31)23-34/h30-38,40-44,46-48,50-52,54,56H,2-13,15-17,19-29,49H2,1H3. The van der Waals surface area contributed by atoms with E-state index in [4.69, 9.17) is 10.5 Å². The fourth-order valence-electron chi connectivity index (χ4n) is 13.6. The number of carbonyl (C=O) groups excluding carboxylic acids is 2. The molecule has 0 aromatic rings. The Labute approximate surface area is 344 Å². The number of aliphatic hydroxyl groups excluding tert-OH is 3. The van der Waals surface area contributed by atoms with Crippen molar-refractivity contribution in [2.24, 2.45) is 70.8 Å². The summed E-state index contributed by atoms with van der Waals surface area (Å²) in [6, 6.07) is 0.360. The van der Waals surface area contributed by atoms with Gasteiger partial charge in [0.2, 0.25) is 0 Å². The van der Waals surface area contributed by atoms with Crippen molar-refractivity contribution in [3.8, 4) is 11.8 Å². The van der Waals surface area contributed by atoms with E-state index in [-0.39, 0.29) is 35.8 Å². The molecule has 4 saturated carbocycles. The second kappa shape index (κ2) is 20.9. The molecule has 2 heterocycles. The van der Waals surface area contributed by atoms with Crippen molar-refractivity contribution < 1.29 is 29.6 Å². The van der Waals surface area contributed by atoms with Gasteiger partial charge >= 0.3 is 0 Å². The zero-order valence-electron chi connectivity index (χ0n) is 35.3. The molecule has 0 bridgehead atoms. The van der Waals surface area contributed by atoms with Crippen LogP contribution in [0.25, 0.3) is 0 Å². The van der Waals surface area contributed by atoms with Gasteiger partial charge in [-0.1, -0.05) is 50.4 Å². The first-order valence-electron chi connectivity index (χ1n) is 24.0. The fourth-order valence-corrected chi connectivity index (χ4v) is 13.6. The largest absolute Gasteiger partial charge is 0.393 e. The molecule has 57 heavy (non-hydrogen) atoms. The summed E-state index contributed by atoms with van der Waals surface area (Å²) in [5.74, 6) is 11.6. The molecule has 17 unspecified atom stereocenters. The Morgan fingerprint density at radius 3 is 2.44 bits per heavy atom. The van der Waals surface area contributed by atoms with Crippen molar-refractivity contribution in [1.29, 1.82) is 0 Å². The maximum Gasteiger partial charge on any atom is 0.150 e. The Morgan fingerprint density at radius 2 is 1.61 bits per heavy atom. The molecule has 17 atom stereocenters. The molecule has 9 heteroatoms. The number of carbonyl (C=O) groups is 2. The predicted octanol–water partition coefficient (Wildman–Crippen LogP) is 6.29. The lowest BCUT2D eigenvalue weighted by molar-refractivity contribution is -0.125. The number of rotatable bonds is 14. The first-order chi connectivity index (χ1) is 27.6. The third-order valence-electron chi connectivity index (χ3n) is 16.9. The molecular formula is C48H79N3O6. The van der Waals surface area contributed by atoms with Gasteiger partial charge in [0.05, 0.1) is 30.6 Å². The van der Waals surface area contributed by atoms with E-state index >= 15 is 0 Å². The van der Waals surface area contributed by atoms with Crippen molar-refractivity contribution in [1.82, 2.24) is 10.6 Å². The average molecular weight is 794 g/mol. The van der Waals surface area contributed by atoms with Crippen LogP contribution in [-0.2, 0) is 14.3 Å². The number of hydrogen-bond acceptors (Lipinski definition) is 9. The number of unbranched alkanes of at least 4 members (excludes halogenated alkanes) is 1. The van der Waals surface area contributed by atoms with Gasteiger partial charge in [-0.05, 0) is 163 Å². The lowest BCUT2D eigenvalue weighted by Gasteiger charge is -2.46. The van der Waals surface area contributed by atoms with E-state index in [9.17, 15) is 24.9 Å².